The third-order valence-corrected chi connectivity index (χ3v) is 9.00. The van der Waals surface area contributed by atoms with Gasteiger partial charge in [-0.2, -0.15) is 0 Å². The molecule has 4 aliphatic rings. The molecule has 3 aliphatic heterocycles. The van der Waals surface area contributed by atoms with E-state index in [4.69, 9.17) is 4.98 Å². The van der Waals surface area contributed by atoms with Gasteiger partial charge in [-0.05, 0) is 69.6 Å². The predicted molar refractivity (Wildman–Crippen MR) is 138 cm³/mol. The van der Waals surface area contributed by atoms with Crippen molar-refractivity contribution >= 4 is 11.8 Å². The predicted octanol–water partition coefficient (Wildman–Crippen LogP) is 4.06. The van der Waals surface area contributed by atoms with E-state index < -0.39 is 0 Å². The van der Waals surface area contributed by atoms with Crippen LogP contribution in [0.2, 0.25) is 0 Å². The number of aromatic nitrogens is 2. The van der Waals surface area contributed by atoms with Gasteiger partial charge < -0.3 is 14.8 Å². The Labute approximate surface area is 218 Å². The minimum Gasteiger partial charge on any atom is -0.349 e. The number of amides is 2. The summed E-state index contributed by atoms with van der Waals surface area (Å²) >= 11 is 0. The largest absolute Gasteiger partial charge is 0.349 e. The molecule has 2 amide bonds. The average molecular weight is 508 g/mol. The van der Waals surface area contributed by atoms with Crippen LogP contribution in [0.1, 0.15) is 86.7 Å². The van der Waals surface area contributed by atoms with Crippen LogP contribution in [0.3, 0.4) is 0 Å². The van der Waals surface area contributed by atoms with Gasteiger partial charge in [0.2, 0.25) is 11.8 Å². The van der Waals surface area contributed by atoms with E-state index in [-0.39, 0.29) is 23.7 Å². The number of hydrogen-bond donors (Lipinski definition) is 1. The van der Waals surface area contributed by atoms with E-state index in [0.29, 0.717) is 30.6 Å². The number of carbonyl (C=O) groups is 2. The first-order valence-corrected chi connectivity index (χ1v) is 14.0. The molecule has 6 rings (SSSR count). The van der Waals surface area contributed by atoms with Gasteiger partial charge >= 0.3 is 0 Å². The topological polar surface area (TPSA) is 70.5 Å². The SMILES string of the molecule is CC(=O)N[C@@H](CCN1[C@@H]2CC[C@H]1CC(n1c(C)nc3c1CCN(C(=O)C1CC1)C3)C2)c1cccc(F)c1. The number of nitrogens with zero attached hydrogens (tertiary/aromatic N) is 4. The van der Waals surface area contributed by atoms with Gasteiger partial charge in [0.25, 0.3) is 0 Å². The molecule has 1 unspecified atom stereocenters. The summed E-state index contributed by atoms with van der Waals surface area (Å²) in [6.45, 7) is 6.01. The molecule has 2 saturated heterocycles. The summed E-state index contributed by atoms with van der Waals surface area (Å²) in [5.41, 5.74) is 3.26. The van der Waals surface area contributed by atoms with Crippen LogP contribution in [-0.2, 0) is 22.6 Å². The molecule has 8 heteroatoms. The number of rotatable bonds is 7. The minimum absolute atomic E-state index is 0.0892. The number of imidazole rings is 1. The fraction of sp³-hybridized carbons (Fsp3) is 0.621. The van der Waals surface area contributed by atoms with Gasteiger partial charge in [0.15, 0.2) is 0 Å². The maximum absolute atomic E-state index is 13.9. The summed E-state index contributed by atoms with van der Waals surface area (Å²) in [6, 6.07) is 7.88. The normalized spacial score (nSPS) is 26.1. The van der Waals surface area contributed by atoms with Crippen molar-refractivity contribution in [2.75, 3.05) is 13.1 Å². The molecule has 3 fully saturated rings. The van der Waals surface area contributed by atoms with E-state index in [9.17, 15) is 14.0 Å². The summed E-state index contributed by atoms with van der Waals surface area (Å²) in [6.07, 6.45) is 8.37. The van der Waals surface area contributed by atoms with E-state index in [1.165, 1.54) is 37.6 Å². The number of piperidine rings is 1. The van der Waals surface area contributed by atoms with E-state index in [1.54, 1.807) is 6.07 Å². The molecule has 1 aromatic carbocycles. The first-order valence-electron chi connectivity index (χ1n) is 14.0. The molecular formula is C29H38FN5O2. The highest BCUT2D eigenvalue weighted by Crippen LogP contribution is 2.43. The smallest absolute Gasteiger partial charge is 0.226 e. The van der Waals surface area contributed by atoms with Gasteiger partial charge in [-0.15, -0.1) is 0 Å². The molecule has 7 nitrogen and oxygen atoms in total. The maximum Gasteiger partial charge on any atom is 0.226 e. The zero-order chi connectivity index (χ0) is 25.7. The van der Waals surface area contributed by atoms with Gasteiger partial charge in [-0.3, -0.25) is 14.5 Å². The van der Waals surface area contributed by atoms with E-state index in [0.717, 1.165) is 68.7 Å². The number of aryl methyl sites for hydroxylation is 1. The third kappa shape index (κ3) is 4.92. The van der Waals surface area contributed by atoms with Crippen molar-refractivity contribution in [3.63, 3.8) is 0 Å². The maximum atomic E-state index is 13.9. The van der Waals surface area contributed by atoms with Crippen molar-refractivity contribution in [2.24, 2.45) is 5.92 Å². The molecule has 1 saturated carbocycles. The van der Waals surface area contributed by atoms with Gasteiger partial charge in [0.1, 0.15) is 11.6 Å². The summed E-state index contributed by atoms with van der Waals surface area (Å²) in [5, 5.41) is 3.04. The van der Waals surface area contributed by atoms with Gasteiger partial charge in [-0.25, -0.2) is 9.37 Å². The summed E-state index contributed by atoms with van der Waals surface area (Å²) in [5.74, 6) is 1.30. The summed E-state index contributed by atoms with van der Waals surface area (Å²) in [7, 11) is 0. The summed E-state index contributed by atoms with van der Waals surface area (Å²) in [4.78, 5) is 34.1. The molecule has 1 aliphatic carbocycles. The van der Waals surface area contributed by atoms with Crippen LogP contribution < -0.4 is 5.32 Å². The first kappa shape index (κ1) is 24.6. The van der Waals surface area contributed by atoms with E-state index >= 15 is 0 Å². The second-order valence-electron chi connectivity index (χ2n) is 11.6. The van der Waals surface area contributed by atoms with Crippen molar-refractivity contribution in [3.05, 3.63) is 52.9 Å². The Balaban J connectivity index is 1.13. The van der Waals surface area contributed by atoms with Crippen molar-refractivity contribution in [3.8, 4) is 0 Å². The highest BCUT2D eigenvalue weighted by atomic mass is 19.1. The Kier molecular flexibility index (Phi) is 6.55. The number of halogens is 1. The number of carbonyl (C=O) groups excluding carboxylic acids is 2. The molecule has 0 spiro atoms. The van der Waals surface area contributed by atoms with Crippen LogP contribution >= 0.6 is 0 Å². The molecule has 4 atom stereocenters. The van der Waals surface area contributed by atoms with Gasteiger partial charge in [0, 0.05) is 56.2 Å². The second-order valence-corrected chi connectivity index (χ2v) is 11.6. The number of benzene rings is 1. The summed E-state index contributed by atoms with van der Waals surface area (Å²) < 4.78 is 16.4. The highest BCUT2D eigenvalue weighted by molar-refractivity contribution is 5.81. The quantitative estimate of drug-likeness (QED) is 0.614. The zero-order valence-electron chi connectivity index (χ0n) is 22.0. The van der Waals surface area contributed by atoms with Crippen LogP contribution in [0.5, 0.6) is 0 Å². The Morgan fingerprint density at radius 1 is 1.14 bits per heavy atom. The van der Waals surface area contributed by atoms with Gasteiger partial charge in [-0.1, -0.05) is 12.1 Å². The van der Waals surface area contributed by atoms with E-state index in [2.05, 4.69) is 21.7 Å². The van der Waals surface area contributed by atoms with Crippen LogP contribution in [0.25, 0.3) is 0 Å². The lowest BCUT2D eigenvalue weighted by Crippen LogP contribution is -2.45. The molecule has 37 heavy (non-hydrogen) atoms. The lowest BCUT2D eigenvalue weighted by Gasteiger charge is -2.41. The Morgan fingerprint density at radius 2 is 1.89 bits per heavy atom. The second kappa shape index (κ2) is 9.86. The molecule has 1 aromatic heterocycles. The monoisotopic (exact) mass is 507 g/mol. The van der Waals surface area contributed by atoms with Crippen molar-refractivity contribution in [1.82, 2.24) is 24.7 Å². The van der Waals surface area contributed by atoms with Crippen LogP contribution in [0.15, 0.2) is 24.3 Å². The van der Waals surface area contributed by atoms with E-state index in [1.807, 2.05) is 11.0 Å². The van der Waals surface area contributed by atoms with Crippen LogP contribution in [0, 0.1) is 18.7 Å². The lowest BCUT2D eigenvalue weighted by molar-refractivity contribution is -0.133. The zero-order valence-corrected chi connectivity index (χ0v) is 22.0. The van der Waals surface area contributed by atoms with Crippen LogP contribution in [0.4, 0.5) is 4.39 Å². The Morgan fingerprint density at radius 3 is 2.57 bits per heavy atom. The standard InChI is InChI=1S/C29H38FN5O2/c1-18-31-27-17-33(29(37)20-6-7-20)12-11-28(27)35(18)25-15-23-8-9-24(16-25)34(23)13-10-26(32-19(2)36)21-4-3-5-22(30)14-21/h3-5,14,20,23-26H,6-13,15-17H2,1-2H3,(H,32,36)/t23-,24+,25?,26-/m0/s1. The fourth-order valence-corrected chi connectivity index (χ4v) is 7.19. The number of nitrogens with one attached hydrogen (secondary N) is 1. The molecular weight excluding hydrogens is 469 g/mol. The first-order chi connectivity index (χ1) is 17.9. The average Bonchev–Trinajstić information content (AvgIpc) is 3.62. The van der Waals surface area contributed by atoms with Crippen molar-refractivity contribution in [1.29, 1.82) is 0 Å². The lowest BCUT2D eigenvalue weighted by atomic mass is 9.94. The van der Waals surface area contributed by atoms with Crippen molar-refractivity contribution in [2.45, 2.75) is 95.9 Å². The molecule has 4 heterocycles. The third-order valence-electron chi connectivity index (χ3n) is 9.00. The highest BCUT2D eigenvalue weighted by Gasteiger charge is 2.43. The Bertz CT molecular complexity index is 1180. The fourth-order valence-electron chi connectivity index (χ4n) is 7.19. The minimum atomic E-state index is -0.271. The van der Waals surface area contributed by atoms with Gasteiger partial charge in [0.05, 0.1) is 18.3 Å². The molecule has 2 bridgehead atoms. The number of fused-ring (bicyclic) bond motifs is 3. The molecule has 198 valence electrons. The molecule has 1 N–H and O–H groups in total. The molecule has 2 aromatic rings. The van der Waals surface area contributed by atoms with Crippen LogP contribution in [-0.4, -0.2) is 56.3 Å². The Hall–Kier alpha value is -2.74. The van der Waals surface area contributed by atoms with Crippen molar-refractivity contribution < 1.29 is 14.0 Å². The molecule has 0 radical (unpaired) electrons. The number of hydrogen-bond acceptors (Lipinski definition) is 4.